The molecule has 0 rings (SSSR count). The van der Waals surface area contributed by atoms with Gasteiger partial charge in [0.15, 0.2) is 0 Å². The molecule has 0 fully saturated rings. The van der Waals surface area contributed by atoms with Gasteiger partial charge in [-0.2, -0.15) is 0 Å². The van der Waals surface area contributed by atoms with Crippen molar-refractivity contribution in [2.45, 2.75) is 39.2 Å². The van der Waals surface area contributed by atoms with Crippen molar-refractivity contribution >= 4 is 5.97 Å². The Bertz CT molecular complexity index is 181. The second-order valence-corrected chi connectivity index (χ2v) is 3.73. The van der Waals surface area contributed by atoms with Crippen molar-refractivity contribution in [1.82, 2.24) is 0 Å². The molecule has 0 aliphatic heterocycles. The quantitative estimate of drug-likeness (QED) is 0.460. The van der Waals surface area contributed by atoms with E-state index in [1.807, 2.05) is 13.8 Å². The van der Waals surface area contributed by atoms with Crippen LogP contribution in [0, 0.1) is 0 Å². The summed E-state index contributed by atoms with van der Waals surface area (Å²) in [6.45, 7) is 7.14. The monoisotopic (exact) mass is 218 g/mol. The first-order valence-electron chi connectivity index (χ1n) is 5.30. The molecule has 0 bridgehead atoms. The van der Waals surface area contributed by atoms with Gasteiger partial charge < -0.3 is 14.2 Å². The maximum atomic E-state index is 11.0. The fourth-order valence-corrected chi connectivity index (χ4v) is 1.32. The number of hydrogen-bond acceptors (Lipinski definition) is 4. The lowest BCUT2D eigenvalue weighted by Crippen LogP contribution is -2.33. The molecule has 1 atom stereocenters. The van der Waals surface area contributed by atoms with Crippen LogP contribution in [0.25, 0.3) is 0 Å². The fraction of sp³-hybridized carbons (Fsp3) is 0.909. The Morgan fingerprint density at radius 1 is 1.27 bits per heavy atom. The van der Waals surface area contributed by atoms with Crippen molar-refractivity contribution < 1.29 is 19.0 Å². The molecule has 4 nitrogen and oxygen atoms in total. The average molecular weight is 218 g/mol. The number of carbonyl (C=O) groups is 1. The first kappa shape index (κ1) is 14.4. The minimum atomic E-state index is -0.475. The highest BCUT2D eigenvalue weighted by molar-refractivity contribution is 5.66. The van der Waals surface area contributed by atoms with E-state index in [4.69, 9.17) is 14.2 Å². The molecule has 0 aliphatic rings. The highest BCUT2D eigenvalue weighted by Gasteiger charge is 2.27. The van der Waals surface area contributed by atoms with Gasteiger partial charge in [-0.3, -0.25) is 4.79 Å². The fourth-order valence-electron chi connectivity index (χ4n) is 1.32. The van der Waals surface area contributed by atoms with E-state index in [1.165, 1.54) is 6.92 Å². The maximum absolute atomic E-state index is 11.0. The number of ether oxygens (including phenoxy) is 3. The number of rotatable bonds is 8. The third-order valence-electron chi connectivity index (χ3n) is 2.20. The minimum Gasteiger partial charge on any atom is -0.459 e. The molecule has 0 aromatic carbocycles. The van der Waals surface area contributed by atoms with Crippen LogP contribution in [-0.2, 0) is 19.0 Å². The van der Waals surface area contributed by atoms with Crippen LogP contribution in [-0.4, -0.2) is 38.5 Å². The predicted octanol–water partition coefficient (Wildman–Crippen LogP) is 1.77. The first-order valence-corrected chi connectivity index (χ1v) is 5.30. The van der Waals surface area contributed by atoms with Gasteiger partial charge in [0.1, 0.15) is 5.60 Å². The molecular formula is C11H22O4. The second-order valence-electron chi connectivity index (χ2n) is 3.73. The molecule has 90 valence electrons. The van der Waals surface area contributed by atoms with E-state index in [1.54, 1.807) is 7.11 Å². The van der Waals surface area contributed by atoms with Crippen molar-refractivity contribution in [3.8, 4) is 0 Å². The van der Waals surface area contributed by atoms with Crippen LogP contribution in [0.15, 0.2) is 0 Å². The van der Waals surface area contributed by atoms with Gasteiger partial charge in [0, 0.05) is 40.1 Å². The molecule has 0 aromatic rings. The van der Waals surface area contributed by atoms with E-state index in [0.717, 1.165) is 0 Å². The lowest BCUT2D eigenvalue weighted by Gasteiger charge is -2.28. The Labute approximate surface area is 91.9 Å². The lowest BCUT2D eigenvalue weighted by molar-refractivity contribution is -0.158. The highest BCUT2D eigenvalue weighted by Crippen LogP contribution is 2.20. The number of esters is 1. The van der Waals surface area contributed by atoms with Crippen LogP contribution < -0.4 is 0 Å². The molecule has 0 spiro atoms. The van der Waals surface area contributed by atoms with Gasteiger partial charge in [0.05, 0.1) is 6.61 Å². The summed E-state index contributed by atoms with van der Waals surface area (Å²) in [5.41, 5.74) is -0.475. The molecule has 0 amide bonds. The van der Waals surface area contributed by atoms with Crippen LogP contribution >= 0.6 is 0 Å². The van der Waals surface area contributed by atoms with Gasteiger partial charge in [0.2, 0.25) is 0 Å². The van der Waals surface area contributed by atoms with E-state index in [2.05, 4.69) is 0 Å². The zero-order valence-corrected chi connectivity index (χ0v) is 10.2. The normalized spacial score (nSPS) is 14.7. The lowest BCUT2D eigenvalue weighted by atomic mass is 9.98. The molecule has 0 aromatic heterocycles. The van der Waals surface area contributed by atoms with Crippen molar-refractivity contribution in [3.05, 3.63) is 0 Å². The molecule has 1 unspecified atom stereocenters. The first-order chi connectivity index (χ1) is 7.04. The SMILES string of the molecule is CCOCCC(C)(CCOC)OC(C)=O. The molecule has 0 saturated carbocycles. The van der Waals surface area contributed by atoms with Crippen LogP contribution in [0.4, 0.5) is 0 Å². The Morgan fingerprint density at radius 2 is 1.87 bits per heavy atom. The molecule has 0 radical (unpaired) electrons. The molecular weight excluding hydrogens is 196 g/mol. The van der Waals surface area contributed by atoms with Gasteiger partial charge in [-0.05, 0) is 13.8 Å². The summed E-state index contributed by atoms with van der Waals surface area (Å²) in [6.07, 6.45) is 1.39. The zero-order chi connectivity index (χ0) is 11.7. The molecule has 0 saturated heterocycles. The van der Waals surface area contributed by atoms with Crippen molar-refractivity contribution in [3.63, 3.8) is 0 Å². The van der Waals surface area contributed by atoms with Crippen molar-refractivity contribution in [1.29, 1.82) is 0 Å². The molecule has 15 heavy (non-hydrogen) atoms. The predicted molar refractivity (Wildman–Crippen MR) is 57.8 cm³/mol. The van der Waals surface area contributed by atoms with Crippen molar-refractivity contribution in [2.24, 2.45) is 0 Å². The third-order valence-corrected chi connectivity index (χ3v) is 2.20. The van der Waals surface area contributed by atoms with Crippen LogP contribution in [0.1, 0.15) is 33.6 Å². The summed E-state index contributed by atoms with van der Waals surface area (Å²) in [5, 5.41) is 0. The van der Waals surface area contributed by atoms with Crippen LogP contribution in [0.2, 0.25) is 0 Å². The number of hydrogen-bond donors (Lipinski definition) is 0. The standard InChI is InChI=1S/C11H22O4/c1-5-14-9-7-11(3,6-8-13-4)15-10(2)12/h5-9H2,1-4H3. The molecule has 0 aliphatic carbocycles. The second kappa shape index (κ2) is 7.65. The molecule has 4 heteroatoms. The summed E-state index contributed by atoms with van der Waals surface area (Å²) < 4.78 is 15.5. The average Bonchev–Trinajstić information content (AvgIpc) is 2.14. The largest absolute Gasteiger partial charge is 0.459 e. The van der Waals surface area contributed by atoms with Crippen LogP contribution in [0.5, 0.6) is 0 Å². The van der Waals surface area contributed by atoms with E-state index < -0.39 is 5.60 Å². The third kappa shape index (κ3) is 7.33. The summed E-state index contributed by atoms with van der Waals surface area (Å²) in [5.74, 6) is -0.259. The zero-order valence-electron chi connectivity index (χ0n) is 10.2. The molecule has 0 N–H and O–H groups in total. The highest BCUT2D eigenvalue weighted by atomic mass is 16.6. The Hall–Kier alpha value is -0.610. The summed E-state index contributed by atoms with van der Waals surface area (Å²) in [7, 11) is 1.64. The number of methoxy groups -OCH3 is 1. The van der Waals surface area contributed by atoms with Crippen LogP contribution in [0.3, 0.4) is 0 Å². The van der Waals surface area contributed by atoms with E-state index in [-0.39, 0.29) is 5.97 Å². The van der Waals surface area contributed by atoms with E-state index >= 15 is 0 Å². The smallest absolute Gasteiger partial charge is 0.303 e. The minimum absolute atomic E-state index is 0.259. The van der Waals surface area contributed by atoms with E-state index in [0.29, 0.717) is 32.7 Å². The summed E-state index contributed by atoms with van der Waals surface area (Å²) in [6, 6.07) is 0. The van der Waals surface area contributed by atoms with Gasteiger partial charge in [-0.15, -0.1) is 0 Å². The van der Waals surface area contributed by atoms with Gasteiger partial charge in [0.25, 0.3) is 0 Å². The summed E-state index contributed by atoms with van der Waals surface area (Å²) in [4.78, 5) is 11.0. The Morgan fingerprint density at radius 3 is 2.33 bits per heavy atom. The molecule has 0 heterocycles. The van der Waals surface area contributed by atoms with Gasteiger partial charge in [-0.1, -0.05) is 0 Å². The maximum Gasteiger partial charge on any atom is 0.303 e. The summed E-state index contributed by atoms with van der Waals surface area (Å²) >= 11 is 0. The van der Waals surface area contributed by atoms with E-state index in [9.17, 15) is 4.79 Å². The van der Waals surface area contributed by atoms with Crippen molar-refractivity contribution in [2.75, 3.05) is 26.9 Å². The number of carbonyl (C=O) groups excluding carboxylic acids is 1. The van der Waals surface area contributed by atoms with Gasteiger partial charge >= 0.3 is 5.97 Å². The topological polar surface area (TPSA) is 44.8 Å². The Kier molecular flexibility index (Phi) is 7.34. The van der Waals surface area contributed by atoms with Gasteiger partial charge in [-0.25, -0.2) is 0 Å². The Balaban J connectivity index is 4.07.